The molecule has 0 saturated carbocycles. The van der Waals surface area contributed by atoms with Gasteiger partial charge in [-0.2, -0.15) is 0 Å². The summed E-state index contributed by atoms with van der Waals surface area (Å²) < 4.78 is 11.6. The number of anilines is 2. The summed E-state index contributed by atoms with van der Waals surface area (Å²) in [5.74, 6) is -0.177. The standard InChI is InChI=1S/C16H16ClN3O2S/c1-9-5-3-4-6-14(9)20-10(2)19-13-8-12(17)15(23(18)22)7-11(13)16(20)21/h3-8,10,19H,18H2,1-2H3/t10-,23-/m1/s1. The molecule has 120 valence electrons. The third-order valence-corrected chi connectivity index (χ3v) is 5.06. The van der Waals surface area contributed by atoms with Gasteiger partial charge in [0.05, 0.1) is 21.2 Å². The third-order valence-electron chi connectivity index (χ3n) is 3.86. The van der Waals surface area contributed by atoms with Crippen LogP contribution < -0.4 is 15.4 Å². The van der Waals surface area contributed by atoms with Crippen LogP contribution in [0.25, 0.3) is 0 Å². The average Bonchev–Trinajstić information content (AvgIpc) is 2.48. The summed E-state index contributed by atoms with van der Waals surface area (Å²) in [5.41, 5.74) is 2.85. The number of rotatable bonds is 2. The second kappa shape index (κ2) is 5.96. The highest BCUT2D eigenvalue weighted by Crippen LogP contribution is 2.34. The molecule has 3 rings (SSSR count). The van der Waals surface area contributed by atoms with Crippen molar-refractivity contribution in [3.05, 3.63) is 52.5 Å². The first-order chi connectivity index (χ1) is 10.9. The van der Waals surface area contributed by atoms with Crippen molar-refractivity contribution in [1.29, 1.82) is 0 Å². The Morgan fingerprint density at radius 2 is 2.00 bits per heavy atom. The van der Waals surface area contributed by atoms with Crippen LogP contribution >= 0.6 is 11.6 Å². The van der Waals surface area contributed by atoms with Crippen LogP contribution in [0, 0.1) is 6.92 Å². The Balaban J connectivity index is 2.13. The van der Waals surface area contributed by atoms with E-state index in [0.717, 1.165) is 11.3 Å². The van der Waals surface area contributed by atoms with E-state index in [2.05, 4.69) is 5.32 Å². The van der Waals surface area contributed by atoms with E-state index in [4.69, 9.17) is 16.7 Å². The SMILES string of the molecule is Cc1ccccc1N1C(=O)c2cc([S@](N)=O)c(Cl)cc2N[C@H]1C. The molecule has 0 saturated heterocycles. The lowest BCUT2D eigenvalue weighted by atomic mass is 10.1. The molecule has 23 heavy (non-hydrogen) atoms. The van der Waals surface area contributed by atoms with Crippen molar-refractivity contribution in [3.8, 4) is 0 Å². The van der Waals surface area contributed by atoms with Crippen molar-refractivity contribution in [2.45, 2.75) is 24.9 Å². The number of fused-ring (bicyclic) bond motifs is 1. The molecule has 0 aromatic heterocycles. The minimum Gasteiger partial charge on any atom is -0.364 e. The number of hydrogen-bond donors (Lipinski definition) is 2. The van der Waals surface area contributed by atoms with Crippen molar-refractivity contribution < 1.29 is 9.00 Å². The van der Waals surface area contributed by atoms with Gasteiger partial charge in [-0.15, -0.1) is 0 Å². The Morgan fingerprint density at radius 1 is 1.30 bits per heavy atom. The second-order valence-electron chi connectivity index (χ2n) is 5.41. The fourth-order valence-corrected chi connectivity index (χ4v) is 3.63. The maximum atomic E-state index is 13.0. The number of carbonyl (C=O) groups is 1. The van der Waals surface area contributed by atoms with Gasteiger partial charge in [0.25, 0.3) is 5.91 Å². The summed E-state index contributed by atoms with van der Waals surface area (Å²) in [6.07, 6.45) is -0.235. The van der Waals surface area contributed by atoms with Gasteiger partial charge in [-0.3, -0.25) is 9.69 Å². The molecule has 0 spiro atoms. The molecule has 0 bridgehead atoms. The number of benzene rings is 2. The zero-order valence-corrected chi connectivity index (χ0v) is 14.2. The lowest BCUT2D eigenvalue weighted by Gasteiger charge is -2.37. The summed E-state index contributed by atoms with van der Waals surface area (Å²) in [7, 11) is -1.75. The van der Waals surface area contributed by atoms with Crippen LogP contribution in [0.4, 0.5) is 11.4 Å². The van der Waals surface area contributed by atoms with Gasteiger partial charge < -0.3 is 5.32 Å². The molecule has 1 aliphatic rings. The zero-order chi connectivity index (χ0) is 16.7. The summed E-state index contributed by atoms with van der Waals surface area (Å²) in [6, 6.07) is 10.8. The molecule has 0 aliphatic carbocycles. The lowest BCUT2D eigenvalue weighted by Crippen LogP contribution is -2.47. The van der Waals surface area contributed by atoms with Crippen molar-refractivity contribution in [1.82, 2.24) is 0 Å². The Morgan fingerprint density at radius 3 is 2.65 bits per heavy atom. The molecule has 0 unspecified atom stereocenters. The van der Waals surface area contributed by atoms with E-state index in [1.807, 2.05) is 38.1 Å². The fourth-order valence-electron chi connectivity index (χ4n) is 2.75. The van der Waals surface area contributed by atoms with E-state index in [-0.39, 0.29) is 22.0 Å². The number of para-hydroxylation sites is 1. The molecular formula is C16H16ClN3O2S. The molecule has 2 atom stereocenters. The quantitative estimate of drug-likeness (QED) is 0.875. The van der Waals surface area contributed by atoms with Crippen molar-refractivity contribution in [2.24, 2.45) is 5.14 Å². The van der Waals surface area contributed by atoms with E-state index in [9.17, 15) is 9.00 Å². The summed E-state index contributed by atoms with van der Waals surface area (Å²) in [4.78, 5) is 14.9. The fraction of sp³-hybridized carbons (Fsp3) is 0.188. The van der Waals surface area contributed by atoms with Gasteiger partial charge >= 0.3 is 0 Å². The van der Waals surface area contributed by atoms with E-state index in [0.29, 0.717) is 11.3 Å². The smallest absolute Gasteiger partial charge is 0.262 e. The van der Waals surface area contributed by atoms with Gasteiger partial charge in [0.2, 0.25) is 0 Å². The molecule has 1 aliphatic heterocycles. The maximum Gasteiger partial charge on any atom is 0.262 e. The Hall–Kier alpha value is -1.89. The average molecular weight is 350 g/mol. The first kappa shape index (κ1) is 16.0. The summed E-state index contributed by atoms with van der Waals surface area (Å²) in [5, 5.41) is 8.97. The minimum atomic E-state index is -1.75. The highest BCUT2D eigenvalue weighted by atomic mass is 35.5. The van der Waals surface area contributed by atoms with E-state index in [1.165, 1.54) is 6.07 Å². The van der Waals surface area contributed by atoms with E-state index < -0.39 is 11.0 Å². The van der Waals surface area contributed by atoms with Crippen LogP contribution in [-0.2, 0) is 11.0 Å². The summed E-state index contributed by atoms with van der Waals surface area (Å²) >= 11 is 6.09. The van der Waals surface area contributed by atoms with Gasteiger partial charge in [0.1, 0.15) is 17.2 Å². The van der Waals surface area contributed by atoms with E-state index >= 15 is 0 Å². The van der Waals surface area contributed by atoms with E-state index in [1.54, 1.807) is 11.0 Å². The first-order valence-electron chi connectivity index (χ1n) is 7.05. The Kier molecular flexibility index (Phi) is 4.14. The first-order valence-corrected chi connectivity index (χ1v) is 8.64. The Labute approximate surface area is 142 Å². The predicted octanol–water partition coefficient (Wildman–Crippen LogP) is 3.05. The number of carbonyl (C=O) groups excluding carboxylic acids is 1. The van der Waals surface area contributed by atoms with Crippen LogP contribution in [0.5, 0.6) is 0 Å². The summed E-state index contributed by atoms with van der Waals surface area (Å²) in [6.45, 7) is 3.85. The largest absolute Gasteiger partial charge is 0.364 e. The molecule has 7 heteroatoms. The van der Waals surface area contributed by atoms with Gasteiger partial charge in [-0.05, 0) is 37.6 Å². The monoisotopic (exact) mass is 349 g/mol. The van der Waals surface area contributed by atoms with Gasteiger partial charge in [-0.1, -0.05) is 29.8 Å². The van der Waals surface area contributed by atoms with Crippen LogP contribution in [0.2, 0.25) is 5.02 Å². The molecule has 2 aromatic rings. The highest BCUT2D eigenvalue weighted by Gasteiger charge is 2.32. The van der Waals surface area contributed by atoms with Crippen molar-refractivity contribution in [3.63, 3.8) is 0 Å². The molecule has 0 fully saturated rings. The van der Waals surface area contributed by atoms with Gasteiger partial charge in [0, 0.05) is 5.69 Å². The number of nitrogens with one attached hydrogen (secondary N) is 1. The Bertz CT molecular complexity index is 825. The van der Waals surface area contributed by atoms with Crippen molar-refractivity contribution >= 4 is 39.9 Å². The number of halogens is 1. The number of nitrogens with zero attached hydrogens (tertiary/aromatic N) is 1. The van der Waals surface area contributed by atoms with Crippen LogP contribution in [0.15, 0.2) is 41.3 Å². The van der Waals surface area contributed by atoms with Crippen molar-refractivity contribution in [2.75, 3.05) is 10.2 Å². The maximum absolute atomic E-state index is 13.0. The zero-order valence-electron chi connectivity index (χ0n) is 12.7. The molecule has 1 heterocycles. The number of nitrogens with two attached hydrogens (primary N) is 1. The third kappa shape index (κ3) is 2.73. The predicted molar refractivity (Wildman–Crippen MR) is 93.1 cm³/mol. The van der Waals surface area contributed by atoms with Crippen LogP contribution in [0.3, 0.4) is 0 Å². The topological polar surface area (TPSA) is 75.4 Å². The molecule has 5 nitrogen and oxygen atoms in total. The second-order valence-corrected chi connectivity index (χ2v) is 6.85. The molecule has 0 radical (unpaired) electrons. The molecule has 2 aromatic carbocycles. The number of aryl methyl sites for hydroxylation is 1. The van der Waals surface area contributed by atoms with Crippen LogP contribution in [0.1, 0.15) is 22.8 Å². The number of amides is 1. The minimum absolute atomic E-state index is 0.177. The normalized spacial score (nSPS) is 18.3. The molecule has 1 amide bonds. The number of hydrogen-bond acceptors (Lipinski definition) is 3. The van der Waals surface area contributed by atoms with Crippen LogP contribution in [-0.4, -0.2) is 16.3 Å². The molecular weight excluding hydrogens is 334 g/mol. The van der Waals surface area contributed by atoms with Gasteiger partial charge in [-0.25, -0.2) is 9.35 Å². The highest BCUT2D eigenvalue weighted by molar-refractivity contribution is 7.82. The lowest BCUT2D eigenvalue weighted by molar-refractivity contribution is 0.0976. The van der Waals surface area contributed by atoms with Gasteiger partial charge in [0.15, 0.2) is 0 Å². The molecule has 3 N–H and O–H groups in total.